The van der Waals surface area contributed by atoms with E-state index in [-0.39, 0.29) is 18.4 Å². The fraction of sp³-hybridized carbons (Fsp3) is 0.625. The van der Waals surface area contributed by atoms with Crippen LogP contribution >= 0.6 is 12.4 Å². The highest BCUT2D eigenvalue weighted by Crippen LogP contribution is 2.30. The number of nitrogens with zero attached hydrogens (tertiary/aromatic N) is 1. The zero-order valence-electron chi connectivity index (χ0n) is 13.1. The molecule has 0 aliphatic rings. The van der Waals surface area contributed by atoms with Crippen LogP contribution in [-0.2, 0) is 0 Å². The Morgan fingerprint density at radius 3 is 2.20 bits per heavy atom. The van der Waals surface area contributed by atoms with Crippen LogP contribution in [0.3, 0.4) is 0 Å². The first-order valence-electron chi connectivity index (χ1n) is 7.33. The van der Waals surface area contributed by atoms with Crippen molar-refractivity contribution >= 4 is 18.1 Å². The van der Waals surface area contributed by atoms with Crippen LogP contribution in [0.2, 0.25) is 0 Å². The Balaban J connectivity index is 0.00000361. The van der Waals surface area contributed by atoms with Crippen LogP contribution < -0.4 is 10.6 Å². The second-order valence-electron chi connectivity index (χ2n) is 5.49. The molecule has 1 rings (SSSR count). The third-order valence-electron chi connectivity index (χ3n) is 3.60. The minimum atomic E-state index is -0.0758. The Morgan fingerprint density at radius 2 is 1.75 bits per heavy atom. The lowest BCUT2D eigenvalue weighted by atomic mass is 9.97. The molecule has 1 atom stereocenters. The van der Waals surface area contributed by atoms with Crippen molar-refractivity contribution < 1.29 is 5.11 Å². The van der Waals surface area contributed by atoms with E-state index in [9.17, 15) is 5.11 Å². The zero-order valence-corrected chi connectivity index (χ0v) is 13.9. The molecule has 3 nitrogen and oxygen atoms in total. The van der Waals surface area contributed by atoms with E-state index in [0.717, 1.165) is 37.2 Å². The van der Waals surface area contributed by atoms with Gasteiger partial charge in [-0.1, -0.05) is 19.9 Å². The van der Waals surface area contributed by atoms with Gasteiger partial charge in [-0.05, 0) is 38.7 Å². The second-order valence-corrected chi connectivity index (χ2v) is 5.49. The van der Waals surface area contributed by atoms with Crippen molar-refractivity contribution in [1.29, 1.82) is 0 Å². The lowest BCUT2D eigenvalue weighted by Gasteiger charge is -2.23. The maximum absolute atomic E-state index is 10.2. The van der Waals surface area contributed by atoms with Gasteiger partial charge in [0, 0.05) is 36.4 Å². The van der Waals surface area contributed by atoms with Crippen molar-refractivity contribution in [3.8, 4) is 5.75 Å². The Labute approximate surface area is 129 Å². The molecule has 1 aromatic rings. The van der Waals surface area contributed by atoms with Crippen LogP contribution in [0.1, 0.15) is 52.1 Å². The summed E-state index contributed by atoms with van der Waals surface area (Å²) in [5.41, 5.74) is 8.08. The number of hydrogen-bond acceptors (Lipinski definition) is 3. The highest BCUT2D eigenvalue weighted by molar-refractivity contribution is 5.85. The molecule has 0 amide bonds. The molecule has 0 fully saturated rings. The van der Waals surface area contributed by atoms with Crippen LogP contribution in [0.15, 0.2) is 18.2 Å². The van der Waals surface area contributed by atoms with Gasteiger partial charge in [0.15, 0.2) is 0 Å². The Bertz CT molecular complexity index is 392. The minimum Gasteiger partial charge on any atom is -0.508 e. The van der Waals surface area contributed by atoms with Gasteiger partial charge in [0.05, 0.1) is 0 Å². The number of halogens is 1. The maximum atomic E-state index is 10.2. The molecule has 0 unspecified atom stereocenters. The van der Waals surface area contributed by atoms with Crippen molar-refractivity contribution in [3.63, 3.8) is 0 Å². The molecule has 0 saturated heterocycles. The summed E-state index contributed by atoms with van der Waals surface area (Å²) in [4.78, 5) is 2.21. The third kappa shape index (κ3) is 5.22. The van der Waals surface area contributed by atoms with Crippen molar-refractivity contribution in [2.75, 3.05) is 18.0 Å². The van der Waals surface area contributed by atoms with Crippen molar-refractivity contribution in [2.24, 2.45) is 11.7 Å². The molecule has 0 saturated carbocycles. The number of benzene rings is 1. The predicted octanol–water partition coefficient (Wildman–Crippen LogP) is 4.10. The van der Waals surface area contributed by atoms with Gasteiger partial charge < -0.3 is 15.7 Å². The average Bonchev–Trinajstić information content (AvgIpc) is 2.37. The van der Waals surface area contributed by atoms with Crippen molar-refractivity contribution in [1.82, 2.24) is 0 Å². The molecule has 0 heterocycles. The van der Waals surface area contributed by atoms with E-state index in [0.29, 0.717) is 11.7 Å². The quantitative estimate of drug-likeness (QED) is 0.797. The zero-order chi connectivity index (χ0) is 14.4. The van der Waals surface area contributed by atoms with Crippen LogP contribution in [-0.4, -0.2) is 18.2 Å². The molecule has 1 aromatic carbocycles. The molecule has 0 aliphatic heterocycles. The molecule has 0 aliphatic carbocycles. The molecule has 116 valence electrons. The first kappa shape index (κ1) is 19.1. The lowest BCUT2D eigenvalue weighted by molar-refractivity contribution is 0.448. The first-order valence-corrected chi connectivity index (χ1v) is 7.33. The monoisotopic (exact) mass is 300 g/mol. The fourth-order valence-electron chi connectivity index (χ4n) is 2.30. The maximum Gasteiger partial charge on any atom is 0.122 e. The topological polar surface area (TPSA) is 49.5 Å². The Hall–Kier alpha value is -0.930. The van der Waals surface area contributed by atoms with Gasteiger partial charge in [0.25, 0.3) is 0 Å². The molecule has 4 heteroatoms. The van der Waals surface area contributed by atoms with E-state index >= 15 is 0 Å². The van der Waals surface area contributed by atoms with Gasteiger partial charge in [-0.25, -0.2) is 0 Å². The summed E-state index contributed by atoms with van der Waals surface area (Å²) in [5.74, 6) is 0.962. The molecule has 3 N–H and O–H groups in total. The number of rotatable bonds is 7. The standard InChI is InChI=1S/C16H28N2O.ClH/c1-5-18(6-2)13-8-9-14(16(19)11-13)15(17)10-7-12(3)4;/h8-9,11-12,15,19H,5-7,10,17H2,1-4H3;1H/t15-;/m0./s1. The van der Waals surface area contributed by atoms with E-state index in [2.05, 4.69) is 38.7 Å². The van der Waals surface area contributed by atoms with Crippen LogP contribution in [0.4, 0.5) is 5.69 Å². The van der Waals surface area contributed by atoms with Gasteiger partial charge in [0.1, 0.15) is 5.75 Å². The number of hydrogen-bond donors (Lipinski definition) is 2. The molecule has 0 spiro atoms. The average molecular weight is 301 g/mol. The largest absolute Gasteiger partial charge is 0.508 e. The predicted molar refractivity (Wildman–Crippen MR) is 89.9 cm³/mol. The van der Waals surface area contributed by atoms with Crippen molar-refractivity contribution in [3.05, 3.63) is 23.8 Å². The number of anilines is 1. The minimum absolute atomic E-state index is 0. The third-order valence-corrected chi connectivity index (χ3v) is 3.60. The van der Waals surface area contributed by atoms with Gasteiger partial charge in [0.2, 0.25) is 0 Å². The summed E-state index contributed by atoms with van der Waals surface area (Å²) in [6, 6.07) is 5.77. The molecule has 0 aromatic heterocycles. The highest BCUT2D eigenvalue weighted by atomic mass is 35.5. The van der Waals surface area contributed by atoms with Crippen LogP contribution in [0, 0.1) is 5.92 Å². The van der Waals surface area contributed by atoms with E-state index in [4.69, 9.17) is 5.73 Å². The number of aromatic hydroxyl groups is 1. The number of nitrogens with two attached hydrogens (primary N) is 1. The van der Waals surface area contributed by atoms with E-state index in [1.54, 1.807) is 0 Å². The van der Waals surface area contributed by atoms with Crippen molar-refractivity contribution in [2.45, 2.75) is 46.6 Å². The van der Waals surface area contributed by atoms with E-state index in [1.807, 2.05) is 12.1 Å². The molecular weight excluding hydrogens is 272 g/mol. The Morgan fingerprint density at radius 1 is 1.15 bits per heavy atom. The van der Waals surface area contributed by atoms with Gasteiger partial charge in [-0.2, -0.15) is 0 Å². The summed E-state index contributed by atoms with van der Waals surface area (Å²) in [6.07, 6.45) is 1.99. The van der Waals surface area contributed by atoms with Crippen LogP contribution in [0.25, 0.3) is 0 Å². The lowest BCUT2D eigenvalue weighted by Crippen LogP contribution is -2.21. The number of phenols is 1. The summed E-state index contributed by atoms with van der Waals surface area (Å²) >= 11 is 0. The van der Waals surface area contributed by atoms with Gasteiger partial charge in [-0.15, -0.1) is 12.4 Å². The molecule has 20 heavy (non-hydrogen) atoms. The summed E-state index contributed by atoms with van der Waals surface area (Å²) in [5, 5.41) is 10.2. The normalized spacial score (nSPS) is 12.1. The van der Waals surface area contributed by atoms with Gasteiger partial charge >= 0.3 is 0 Å². The first-order chi connectivity index (χ1) is 8.99. The SMILES string of the molecule is CCN(CC)c1ccc([C@@H](N)CCC(C)C)c(O)c1.Cl. The fourth-order valence-corrected chi connectivity index (χ4v) is 2.30. The summed E-state index contributed by atoms with van der Waals surface area (Å²) in [7, 11) is 0. The van der Waals surface area contributed by atoms with E-state index in [1.165, 1.54) is 0 Å². The van der Waals surface area contributed by atoms with E-state index < -0.39 is 0 Å². The van der Waals surface area contributed by atoms with Crippen LogP contribution in [0.5, 0.6) is 5.75 Å². The highest BCUT2D eigenvalue weighted by Gasteiger charge is 2.13. The molecule has 0 bridgehead atoms. The number of phenolic OH excluding ortho intramolecular Hbond substituents is 1. The second kappa shape index (κ2) is 9.09. The summed E-state index contributed by atoms with van der Waals surface area (Å²) in [6.45, 7) is 10.5. The summed E-state index contributed by atoms with van der Waals surface area (Å²) < 4.78 is 0. The molecule has 0 radical (unpaired) electrons. The smallest absolute Gasteiger partial charge is 0.122 e. The Kier molecular flexibility index (Phi) is 8.67. The molecular formula is C16H29ClN2O. The van der Waals surface area contributed by atoms with Gasteiger partial charge in [-0.3, -0.25) is 0 Å².